The largest absolute Gasteiger partial charge is 0.335 e. The zero-order valence-corrected chi connectivity index (χ0v) is 18.1. The summed E-state index contributed by atoms with van der Waals surface area (Å²) in [6, 6.07) is 9.49. The molecule has 4 aromatic rings. The minimum Gasteiger partial charge on any atom is -0.335 e. The number of carbonyl (C=O) groups excluding carboxylic acids is 1. The summed E-state index contributed by atoms with van der Waals surface area (Å²) in [5.74, 6) is 2.38. The van der Waals surface area contributed by atoms with Gasteiger partial charge in [0.25, 0.3) is 5.91 Å². The highest BCUT2D eigenvalue weighted by atomic mass is 19.1. The second-order valence-electron chi connectivity index (χ2n) is 9.60. The molecule has 0 N–H and O–H groups in total. The van der Waals surface area contributed by atoms with E-state index in [1.54, 1.807) is 16.8 Å². The van der Waals surface area contributed by atoms with E-state index in [-0.39, 0.29) is 5.91 Å². The van der Waals surface area contributed by atoms with Crippen LogP contribution in [0.2, 0.25) is 0 Å². The summed E-state index contributed by atoms with van der Waals surface area (Å²) in [6.07, 6.45) is 4.14. The Hall–Kier alpha value is -3.22. The average molecular weight is 429 g/mol. The number of halogens is 1. The van der Waals surface area contributed by atoms with Gasteiger partial charge in [-0.25, -0.2) is 14.4 Å². The summed E-state index contributed by atoms with van der Waals surface area (Å²) in [5, 5.41) is 1.02. The van der Waals surface area contributed by atoms with E-state index in [0.29, 0.717) is 40.3 Å². The number of pyridine rings is 1. The van der Waals surface area contributed by atoms with Gasteiger partial charge in [-0.05, 0) is 67.9 Å². The van der Waals surface area contributed by atoms with Gasteiger partial charge in [-0.15, -0.1) is 0 Å². The number of benzene rings is 1. The van der Waals surface area contributed by atoms with E-state index in [9.17, 15) is 4.79 Å². The third-order valence-corrected chi connectivity index (χ3v) is 8.15. The van der Waals surface area contributed by atoms with E-state index in [1.165, 1.54) is 12.5 Å². The summed E-state index contributed by atoms with van der Waals surface area (Å²) >= 11 is 0. The zero-order chi connectivity index (χ0) is 21.7. The van der Waals surface area contributed by atoms with Crippen LogP contribution in [0.3, 0.4) is 0 Å². The number of hydrogen-bond acceptors (Lipinski definition) is 3. The van der Waals surface area contributed by atoms with Crippen molar-refractivity contribution in [2.45, 2.75) is 32.4 Å². The van der Waals surface area contributed by atoms with E-state index in [4.69, 9.17) is 4.98 Å². The molecular weight excluding hydrogens is 405 g/mol. The summed E-state index contributed by atoms with van der Waals surface area (Å²) in [7, 11) is 1.83. The smallest absolute Gasteiger partial charge is 0.254 e. The third kappa shape index (κ3) is 2.21. The van der Waals surface area contributed by atoms with E-state index in [1.807, 2.05) is 30.1 Å². The Bertz CT molecular complexity index is 1440. The molecule has 3 aromatic heterocycles. The lowest BCUT2D eigenvalue weighted by molar-refractivity contribution is -0.0204. The molecule has 2 aliphatic carbocycles. The van der Waals surface area contributed by atoms with Crippen molar-refractivity contribution in [1.82, 2.24) is 24.0 Å². The van der Waals surface area contributed by atoms with Gasteiger partial charge >= 0.3 is 0 Å². The lowest BCUT2D eigenvalue weighted by atomic mass is 9.53. The number of amides is 1. The van der Waals surface area contributed by atoms with Crippen LogP contribution in [-0.4, -0.2) is 42.5 Å². The van der Waals surface area contributed by atoms with E-state index in [0.717, 1.165) is 42.2 Å². The first-order chi connectivity index (χ1) is 15.5. The van der Waals surface area contributed by atoms with Crippen LogP contribution in [0.25, 0.3) is 33.6 Å². The molecule has 1 unspecified atom stereocenters. The van der Waals surface area contributed by atoms with Gasteiger partial charge in [-0.2, -0.15) is 0 Å². The maximum absolute atomic E-state index is 15.3. The molecule has 3 fully saturated rings. The van der Waals surface area contributed by atoms with Crippen LogP contribution < -0.4 is 0 Å². The topological polar surface area (TPSA) is 56.0 Å². The van der Waals surface area contributed by atoms with Gasteiger partial charge in [0.05, 0.1) is 11.2 Å². The molecule has 7 heteroatoms. The first-order valence-electron chi connectivity index (χ1n) is 11.5. The highest BCUT2D eigenvalue weighted by Crippen LogP contribution is 2.60. The standard InChI is InChI=1S/C25H24FN5O/c1-3-30-20(10-13-5-4-6-27-23(13)30)24-28-18-9-15(8-17(26)22(18)29(24)2)25(32)31-12-16-7-14-11-19(31)21(14)16/h4-6,8-10,14,16,19,21H,3,7,11-12H2,1-2H3/t14?,16-,19-,21-/m1/s1. The molecule has 1 saturated heterocycles. The van der Waals surface area contributed by atoms with Crippen molar-refractivity contribution in [1.29, 1.82) is 0 Å². The Morgan fingerprint density at radius 3 is 2.88 bits per heavy atom. The molecule has 32 heavy (non-hydrogen) atoms. The number of aryl methyl sites for hydroxylation is 2. The number of imidazole rings is 1. The third-order valence-electron chi connectivity index (χ3n) is 8.15. The predicted octanol–water partition coefficient (Wildman–Crippen LogP) is 4.23. The van der Waals surface area contributed by atoms with Gasteiger partial charge in [0.1, 0.15) is 17.0 Å². The number of aromatic nitrogens is 4. The molecule has 1 aliphatic heterocycles. The normalized spacial score (nSPS) is 25.8. The minimum absolute atomic E-state index is 0.0530. The molecule has 6 nitrogen and oxygen atoms in total. The van der Waals surface area contributed by atoms with Crippen LogP contribution in [-0.2, 0) is 13.6 Å². The summed E-state index contributed by atoms with van der Waals surface area (Å²) < 4.78 is 19.2. The molecule has 1 amide bonds. The quantitative estimate of drug-likeness (QED) is 0.490. The Kier molecular flexibility index (Phi) is 3.55. The highest BCUT2D eigenvalue weighted by molar-refractivity contribution is 5.98. The monoisotopic (exact) mass is 429 g/mol. The number of likely N-dealkylation sites (tertiary alicyclic amines) is 1. The van der Waals surface area contributed by atoms with Crippen molar-refractivity contribution in [2.75, 3.05) is 6.54 Å². The van der Waals surface area contributed by atoms with Crippen molar-refractivity contribution in [3.8, 4) is 11.5 Å². The van der Waals surface area contributed by atoms with Gasteiger partial charge in [-0.1, -0.05) is 0 Å². The van der Waals surface area contributed by atoms with Crippen molar-refractivity contribution >= 4 is 28.0 Å². The van der Waals surface area contributed by atoms with E-state index in [2.05, 4.69) is 16.5 Å². The fourth-order valence-corrected chi connectivity index (χ4v) is 6.61. The molecule has 3 aliphatic rings. The molecule has 7 rings (SSSR count). The van der Waals surface area contributed by atoms with Crippen LogP contribution in [0, 0.1) is 23.6 Å². The average Bonchev–Trinajstić information content (AvgIpc) is 3.31. The van der Waals surface area contributed by atoms with Crippen LogP contribution >= 0.6 is 0 Å². The minimum atomic E-state index is -0.405. The van der Waals surface area contributed by atoms with Crippen LogP contribution in [0.15, 0.2) is 36.5 Å². The SMILES string of the molecule is CCn1c(-c2nc3cc(C(=O)N4C[C@H]5CC6C[C@@H]4[C@H]65)cc(F)c3n2C)cc2cccnc21. The molecule has 0 bridgehead atoms. The number of nitrogens with zero attached hydrogens (tertiary/aromatic N) is 5. The lowest BCUT2D eigenvalue weighted by Crippen LogP contribution is -2.53. The maximum atomic E-state index is 15.3. The van der Waals surface area contributed by atoms with E-state index >= 15 is 4.39 Å². The highest BCUT2D eigenvalue weighted by Gasteiger charge is 2.61. The Morgan fingerprint density at radius 1 is 1.22 bits per heavy atom. The van der Waals surface area contributed by atoms with Gasteiger partial charge in [0, 0.05) is 43.3 Å². The Labute approximate surface area is 184 Å². The molecule has 4 heterocycles. The van der Waals surface area contributed by atoms with Crippen molar-refractivity contribution in [3.05, 3.63) is 47.9 Å². The van der Waals surface area contributed by atoms with Crippen molar-refractivity contribution < 1.29 is 9.18 Å². The summed E-state index contributed by atoms with van der Waals surface area (Å²) in [6.45, 7) is 3.61. The summed E-state index contributed by atoms with van der Waals surface area (Å²) in [5.41, 5.74) is 3.12. The zero-order valence-electron chi connectivity index (χ0n) is 18.1. The first-order valence-corrected chi connectivity index (χ1v) is 11.5. The second-order valence-corrected chi connectivity index (χ2v) is 9.60. The molecule has 2 saturated carbocycles. The van der Waals surface area contributed by atoms with Crippen LogP contribution in [0.4, 0.5) is 4.39 Å². The van der Waals surface area contributed by atoms with Crippen molar-refractivity contribution in [3.63, 3.8) is 0 Å². The van der Waals surface area contributed by atoms with Crippen LogP contribution in [0.5, 0.6) is 0 Å². The number of rotatable bonds is 3. The second kappa shape index (κ2) is 6.18. The fourth-order valence-electron chi connectivity index (χ4n) is 6.61. The van der Waals surface area contributed by atoms with Crippen LogP contribution in [0.1, 0.15) is 30.1 Å². The van der Waals surface area contributed by atoms with Gasteiger partial charge in [0.2, 0.25) is 0 Å². The number of hydrogen-bond donors (Lipinski definition) is 0. The molecule has 0 radical (unpaired) electrons. The Morgan fingerprint density at radius 2 is 2.09 bits per heavy atom. The van der Waals surface area contributed by atoms with Gasteiger partial charge in [0.15, 0.2) is 5.82 Å². The molecular formula is C25H24FN5O. The lowest BCUT2D eigenvalue weighted by Gasteiger charge is -2.52. The van der Waals surface area contributed by atoms with Crippen molar-refractivity contribution in [2.24, 2.45) is 24.8 Å². The molecule has 4 atom stereocenters. The first kappa shape index (κ1) is 18.4. The van der Waals surface area contributed by atoms with E-state index < -0.39 is 5.82 Å². The summed E-state index contributed by atoms with van der Waals surface area (Å²) in [4.78, 5) is 24.6. The molecule has 162 valence electrons. The molecule has 1 aromatic carbocycles. The van der Waals surface area contributed by atoms with Gasteiger partial charge < -0.3 is 14.0 Å². The van der Waals surface area contributed by atoms with Gasteiger partial charge in [-0.3, -0.25) is 4.79 Å². The number of carbonyl (C=O) groups is 1. The maximum Gasteiger partial charge on any atom is 0.254 e. The fraction of sp³-hybridized carbons (Fsp3) is 0.400. The molecule has 0 spiro atoms. The number of fused-ring (bicyclic) bond motifs is 2. The Balaban J connectivity index is 1.33. The predicted molar refractivity (Wildman–Crippen MR) is 120 cm³/mol.